The van der Waals surface area contributed by atoms with E-state index in [0.29, 0.717) is 19.6 Å². The van der Waals surface area contributed by atoms with E-state index in [1.54, 1.807) is 12.0 Å². The lowest BCUT2D eigenvalue weighted by atomic mass is 10.0. The Morgan fingerprint density at radius 2 is 2.05 bits per heavy atom. The van der Waals surface area contributed by atoms with Crippen LogP contribution in [0.1, 0.15) is 16.7 Å². The molecule has 0 aliphatic heterocycles. The molecule has 1 amide bonds. The molecule has 1 atom stereocenters. The van der Waals surface area contributed by atoms with Gasteiger partial charge in [0.25, 0.3) is 0 Å². The monoisotopic (exact) mass is 327 g/mol. The Morgan fingerprint density at radius 3 is 2.63 bits per heavy atom. The van der Waals surface area contributed by atoms with Gasteiger partial charge in [-0.05, 0) is 30.5 Å². The van der Waals surface area contributed by atoms with Crippen LogP contribution in [0.3, 0.4) is 0 Å². The maximum absolute atomic E-state index is 12.1. The number of carbonyl (C=O) groups excluding carboxylic acids is 1. The predicted molar refractivity (Wildman–Crippen MR) is 81.8 cm³/mol. The van der Waals surface area contributed by atoms with Crippen molar-refractivity contribution in [2.24, 2.45) is 0 Å². The number of nitrogens with zero attached hydrogens (tertiary/aromatic N) is 1. The SMILES string of the molecule is COCC(Br)CN(C)C(=O)Cc1ccc(C)c(C)c1. The second-order valence-electron chi connectivity index (χ2n) is 4.92. The molecule has 3 nitrogen and oxygen atoms in total. The molecule has 0 fully saturated rings. The van der Waals surface area contributed by atoms with E-state index in [4.69, 9.17) is 4.74 Å². The zero-order valence-electron chi connectivity index (χ0n) is 12.1. The molecule has 0 aromatic heterocycles. The molecule has 4 heteroatoms. The average molecular weight is 328 g/mol. The summed E-state index contributed by atoms with van der Waals surface area (Å²) in [5.41, 5.74) is 3.55. The lowest BCUT2D eigenvalue weighted by Gasteiger charge is -2.20. The van der Waals surface area contributed by atoms with Crippen molar-refractivity contribution in [2.45, 2.75) is 25.1 Å². The molecule has 106 valence electrons. The van der Waals surface area contributed by atoms with Gasteiger partial charge in [-0.25, -0.2) is 0 Å². The number of methoxy groups -OCH3 is 1. The van der Waals surface area contributed by atoms with Gasteiger partial charge in [0, 0.05) is 20.7 Å². The molecule has 0 bridgehead atoms. The van der Waals surface area contributed by atoms with Crippen molar-refractivity contribution < 1.29 is 9.53 Å². The molecule has 0 spiro atoms. The van der Waals surface area contributed by atoms with E-state index in [1.807, 2.05) is 13.1 Å². The predicted octanol–water partition coefficient (Wildman–Crippen LogP) is 2.71. The number of halogens is 1. The van der Waals surface area contributed by atoms with Crippen LogP contribution in [0.25, 0.3) is 0 Å². The highest BCUT2D eigenvalue weighted by Gasteiger charge is 2.14. The molecule has 0 aliphatic rings. The van der Waals surface area contributed by atoms with E-state index in [1.165, 1.54) is 11.1 Å². The maximum atomic E-state index is 12.1. The Balaban J connectivity index is 2.56. The van der Waals surface area contributed by atoms with Crippen molar-refractivity contribution in [2.75, 3.05) is 27.3 Å². The molecule has 1 aromatic rings. The molecule has 0 heterocycles. The fraction of sp³-hybridized carbons (Fsp3) is 0.533. The van der Waals surface area contributed by atoms with Crippen LogP contribution >= 0.6 is 15.9 Å². The fourth-order valence-electron chi connectivity index (χ4n) is 1.86. The number of carbonyl (C=O) groups is 1. The molecule has 1 unspecified atom stereocenters. The summed E-state index contributed by atoms with van der Waals surface area (Å²) in [6.07, 6.45) is 0.449. The van der Waals surface area contributed by atoms with Crippen LogP contribution in [0, 0.1) is 13.8 Å². The Morgan fingerprint density at radius 1 is 1.37 bits per heavy atom. The fourth-order valence-corrected chi connectivity index (χ4v) is 2.55. The number of ether oxygens (including phenoxy) is 1. The zero-order valence-corrected chi connectivity index (χ0v) is 13.7. The summed E-state index contributed by atoms with van der Waals surface area (Å²) in [6, 6.07) is 6.17. The normalized spacial score (nSPS) is 12.3. The highest BCUT2D eigenvalue weighted by molar-refractivity contribution is 9.09. The second-order valence-corrected chi connectivity index (χ2v) is 6.22. The van der Waals surface area contributed by atoms with Crippen molar-refractivity contribution in [1.29, 1.82) is 0 Å². The molecule has 0 radical (unpaired) electrons. The largest absolute Gasteiger partial charge is 0.383 e. The van der Waals surface area contributed by atoms with Crippen LogP contribution in [0.4, 0.5) is 0 Å². The van der Waals surface area contributed by atoms with Gasteiger partial charge in [-0.1, -0.05) is 34.1 Å². The molecule has 1 aromatic carbocycles. The van der Waals surface area contributed by atoms with Gasteiger partial charge in [0.15, 0.2) is 0 Å². The number of hydrogen-bond acceptors (Lipinski definition) is 2. The lowest BCUT2D eigenvalue weighted by Crippen LogP contribution is -2.34. The van der Waals surface area contributed by atoms with Gasteiger partial charge in [-0.15, -0.1) is 0 Å². The third kappa shape index (κ3) is 5.33. The highest BCUT2D eigenvalue weighted by atomic mass is 79.9. The first-order chi connectivity index (χ1) is 8.93. The van der Waals surface area contributed by atoms with Crippen molar-refractivity contribution in [3.8, 4) is 0 Å². The Labute approximate surface area is 124 Å². The van der Waals surface area contributed by atoms with Crippen LogP contribution in [-0.4, -0.2) is 42.9 Å². The number of likely N-dealkylation sites (N-methyl/N-ethyl adjacent to an activating group) is 1. The summed E-state index contributed by atoms with van der Waals surface area (Å²) in [6.45, 7) is 5.39. The molecular formula is C15H22BrNO2. The molecule has 0 saturated carbocycles. The van der Waals surface area contributed by atoms with Gasteiger partial charge in [-0.3, -0.25) is 4.79 Å². The molecule has 1 rings (SSSR count). The van der Waals surface area contributed by atoms with Crippen molar-refractivity contribution >= 4 is 21.8 Å². The number of hydrogen-bond donors (Lipinski definition) is 0. The smallest absolute Gasteiger partial charge is 0.226 e. The number of benzene rings is 1. The summed E-state index contributed by atoms with van der Waals surface area (Å²) < 4.78 is 5.05. The quantitative estimate of drug-likeness (QED) is 0.752. The minimum absolute atomic E-state index is 0.129. The number of amides is 1. The minimum Gasteiger partial charge on any atom is -0.383 e. The van der Waals surface area contributed by atoms with Crippen LogP contribution in [0.15, 0.2) is 18.2 Å². The van der Waals surface area contributed by atoms with Gasteiger partial charge in [0.1, 0.15) is 0 Å². The van der Waals surface area contributed by atoms with Gasteiger partial charge in [-0.2, -0.15) is 0 Å². The first kappa shape index (κ1) is 16.2. The first-order valence-corrected chi connectivity index (χ1v) is 7.28. The van der Waals surface area contributed by atoms with E-state index >= 15 is 0 Å². The third-order valence-corrected chi connectivity index (χ3v) is 3.73. The number of alkyl halides is 1. The zero-order chi connectivity index (χ0) is 14.4. The van der Waals surface area contributed by atoms with Crippen molar-refractivity contribution in [1.82, 2.24) is 4.90 Å². The Bertz CT molecular complexity index is 434. The van der Waals surface area contributed by atoms with Crippen LogP contribution < -0.4 is 0 Å². The summed E-state index contributed by atoms with van der Waals surface area (Å²) in [4.78, 5) is 14.0. The molecule has 19 heavy (non-hydrogen) atoms. The van der Waals surface area contributed by atoms with E-state index in [-0.39, 0.29) is 10.7 Å². The standard InChI is InChI=1S/C15H22BrNO2/c1-11-5-6-13(7-12(11)2)8-15(18)17(3)9-14(16)10-19-4/h5-7,14H,8-10H2,1-4H3. The van der Waals surface area contributed by atoms with Gasteiger partial charge in [0.2, 0.25) is 5.91 Å². The molecular weight excluding hydrogens is 306 g/mol. The number of aryl methyl sites for hydroxylation is 2. The van der Waals surface area contributed by atoms with Crippen LogP contribution in [-0.2, 0) is 16.0 Å². The lowest BCUT2D eigenvalue weighted by molar-refractivity contribution is -0.129. The van der Waals surface area contributed by atoms with Crippen molar-refractivity contribution in [3.05, 3.63) is 34.9 Å². The molecule has 0 aliphatic carbocycles. The summed E-state index contributed by atoms with van der Waals surface area (Å²) >= 11 is 3.49. The number of rotatable bonds is 6. The van der Waals surface area contributed by atoms with Gasteiger partial charge < -0.3 is 9.64 Å². The van der Waals surface area contributed by atoms with Crippen LogP contribution in [0.2, 0.25) is 0 Å². The summed E-state index contributed by atoms with van der Waals surface area (Å²) in [5.74, 6) is 0.129. The first-order valence-electron chi connectivity index (χ1n) is 6.37. The summed E-state index contributed by atoms with van der Waals surface area (Å²) in [7, 11) is 3.48. The third-order valence-electron chi connectivity index (χ3n) is 3.17. The van der Waals surface area contributed by atoms with Crippen LogP contribution in [0.5, 0.6) is 0 Å². The van der Waals surface area contributed by atoms with E-state index in [0.717, 1.165) is 5.56 Å². The van der Waals surface area contributed by atoms with Crippen molar-refractivity contribution in [3.63, 3.8) is 0 Å². The Hall–Kier alpha value is -0.870. The van der Waals surface area contributed by atoms with E-state index in [9.17, 15) is 4.79 Å². The minimum atomic E-state index is 0.129. The molecule has 0 saturated heterocycles. The van der Waals surface area contributed by atoms with E-state index in [2.05, 4.69) is 41.9 Å². The van der Waals surface area contributed by atoms with E-state index < -0.39 is 0 Å². The highest BCUT2D eigenvalue weighted by Crippen LogP contribution is 2.11. The topological polar surface area (TPSA) is 29.5 Å². The molecule has 0 N–H and O–H groups in total. The average Bonchev–Trinajstić information content (AvgIpc) is 2.34. The Kier molecular flexibility index (Phi) is 6.52. The van der Waals surface area contributed by atoms with Gasteiger partial charge in [0.05, 0.1) is 17.9 Å². The second kappa shape index (κ2) is 7.65. The maximum Gasteiger partial charge on any atom is 0.226 e. The van der Waals surface area contributed by atoms with Gasteiger partial charge >= 0.3 is 0 Å². The summed E-state index contributed by atoms with van der Waals surface area (Å²) in [5, 5.41) is 0.